The molecule has 4 heteroatoms. The summed E-state index contributed by atoms with van der Waals surface area (Å²) in [4.78, 5) is 26.1. The fourth-order valence-electron chi connectivity index (χ4n) is 4.16. The Morgan fingerprint density at radius 1 is 0.962 bits per heavy atom. The van der Waals surface area contributed by atoms with Crippen molar-refractivity contribution in [2.24, 2.45) is 0 Å². The summed E-state index contributed by atoms with van der Waals surface area (Å²) < 4.78 is 2.35. The monoisotopic (exact) mass is 348 g/mol. The highest BCUT2D eigenvalue weighted by atomic mass is 16.1. The van der Waals surface area contributed by atoms with Crippen LogP contribution >= 0.6 is 0 Å². The van der Waals surface area contributed by atoms with Gasteiger partial charge in [-0.3, -0.25) is 9.59 Å². The first-order valence-electron chi connectivity index (χ1n) is 9.24. The van der Waals surface area contributed by atoms with E-state index in [-0.39, 0.29) is 11.6 Å². The quantitative estimate of drug-likeness (QED) is 0.661. The lowest BCUT2D eigenvalue weighted by Crippen LogP contribution is -2.29. The number of rotatable bonds is 4. The van der Waals surface area contributed by atoms with E-state index in [9.17, 15) is 9.59 Å². The molecular formula is C22H24N2O2. The predicted molar refractivity (Wildman–Crippen MR) is 105 cm³/mol. The minimum absolute atomic E-state index is 0.0612. The van der Waals surface area contributed by atoms with E-state index in [0.29, 0.717) is 17.2 Å². The summed E-state index contributed by atoms with van der Waals surface area (Å²) >= 11 is 0. The number of hydrogen-bond donors (Lipinski definition) is 0. The normalized spacial score (nSPS) is 18.0. The van der Waals surface area contributed by atoms with Crippen molar-refractivity contribution >= 4 is 33.4 Å². The van der Waals surface area contributed by atoms with Crippen LogP contribution in [0.25, 0.3) is 21.8 Å². The smallest absolute Gasteiger partial charge is 0.159 e. The molecule has 0 unspecified atom stereocenters. The molecule has 1 aliphatic rings. The fourth-order valence-corrected chi connectivity index (χ4v) is 4.16. The molecule has 2 aromatic carbocycles. The molecule has 0 N–H and O–H groups in total. The summed E-state index contributed by atoms with van der Waals surface area (Å²) in [6.45, 7) is 5.25. The summed E-state index contributed by atoms with van der Waals surface area (Å²) in [5.41, 5.74) is 3.68. The van der Waals surface area contributed by atoms with Crippen LogP contribution < -0.4 is 0 Å². The maximum atomic E-state index is 11.9. The molecule has 1 atom stereocenters. The van der Waals surface area contributed by atoms with Crippen molar-refractivity contribution in [3.63, 3.8) is 0 Å². The molecule has 0 aliphatic carbocycles. The van der Waals surface area contributed by atoms with Gasteiger partial charge < -0.3 is 9.47 Å². The lowest BCUT2D eigenvalue weighted by atomic mass is 10.0. The number of ketones is 2. The van der Waals surface area contributed by atoms with Crippen LogP contribution in [0.2, 0.25) is 0 Å². The zero-order chi connectivity index (χ0) is 18.4. The fraction of sp³-hybridized carbons (Fsp3) is 0.364. The van der Waals surface area contributed by atoms with Crippen molar-refractivity contribution in [2.45, 2.75) is 39.3 Å². The van der Waals surface area contributed by atoms with Gasteiger partial charge in [0.25, 0.3) is 0 Å². The van der Waals surface area contributed by atoms with Gasteiger partial charge in [-0.15, -0.1) is 0 Å². The van der Waals surface area contributed by atoms with E-state index in [1.54, 1.807) is 13.8 Å². The number of fused-ring (bicyclic) bond motifs is 3. The summed E-state index contributed by atoms with van der Waals surface area (Å²) in [5, 5.41) is 2.10. The number of likely N-dealkylation sites (tertiary alicyclic amines) is 1. The van der Waals surface area contributed by atoms with E-state index >= 15 is 0 Å². The number of carbonyl (C=O) groups excluding carboxylic acids is 2. The molecule has 134 valence electrons. The average Bonchev–Trinajstić information content (AvgIpc) is 3.16. The second kappa shape index (κ2) is 6.36. The van der Waals surface area contributed by atoms with Gasteiger partial charge in [0.15, 0.2) is 11.6 Å². The highest BCUT2D eigenvalue weighted by molar-refractivity contribution is 6.12. The van der Waals surface area contributed by atoms with E-state index in [4.69, 9.17) is 0 Å². The third-order valence-electron chi connectivity index (χ3n) is 5.74. The third kappa shape index (κ3) is 2.74. The molecule has 0 radical (unpaired) electrons. The van der Waals surface area contributed by atoms with Gasteiger partial charge >= 0.3 is 0 Å². The topological polar surface area (TPSA) is 42.3 Å². The Hall–Kier alpha value is -2.46. The SMILES string of the molecule is CC(=O)c1ccc2c(c1)c1cc(C(C)=O)ccc1n2C[C@@H]1CCCN1C. The number of benzene rings is 2. The second-order valence-electron chi connectivity index (χ2n) is 7.46. The van der Waals surface area contributed by atoms with Crippen LogP contribution in [0.15, 0.2) is 36.4 Å². The molecule has 4 rings (SSSR count). The van der Waals surface area contributed by atoms with Gasteiger partial charge in [-0.1, -0.05) is 0 Å². The third-order valence-corrected chi connectivity index (χ3v) is 5.74. The van der Waals surface area contributed by atoms with Gasteiger partial charge in [0, 0.05) is 45.5 Å². The predicted octanol–water partition coefficient (Wildman–Crippen LogP) is 4.29. The van der Waals surface area contributed by atoms with Crippen molar-refractivity contribution in [3.05, 3.63) is 47.5 Å². The molecule has 1 fully saturated rings. The molecule has 1 aliphatic heterocycles. The molecule has 2 heterocycles. The van der Waals surface area contributed by atoms with E-state index < -0.39 is 0 Å². The van der Waals surface area contributed by atoms with Crippen LogP contribution in [0.5, 0.6) is 0 Å². The van der Waals surface area contributed by atoms with Crippen LogP contribution in [-0.4, -0.2) is 40.7 Å². The summed E-state index contributed by atoms with van der Waals surface area (Å²) in [5.74, 6) is 0.122. The van der Waals surface area contributed by atoms with Gasteiger partial charge in [-0.25, -0.2) is 0 Å². The standard InChI is InChI=1S/C22H24N2O2/c1-14(25)16-6-8-21-19(11-16)20-12-17(15(2)26)7-9-22(20)24(21)13-18-5-4-10-23(18)3/h6-9,11-12,18H,4-5,10,13H2,1-3H3/t18-/m0/s1. The Labute approximate surface area is 153 Å². The molecule has 4 nitrogen and oxygen atoms in total. The van der Waals surface area contributed by atoms with Gasteiger partial charge in [0.1, 0.15) is 0 Å². The number of nitrogens with zero attached hydrogens (tertiary/aromatic N) is 2. The Kier molecular flexibility index (Phi) is 4.16. The van der Waals surface area contributed by atoms with E-state index in [1.165, 1.54) is 12.8 Å². The Morgan fingerprint density at radius 2 is 1.50 bits per heavy atom. The lowest BCUT2D eigenvalue weighted by molar-refractivity contribution is 0.100. The molecule has 3 aromatic rings. The van der Waals surface area contributed by atoms with Crippen molar-refractivity contribution in [1.29, 1.82) is 0 Å². The van der Waals surface area contributed by atoms with Gasteiger partial charge in [0.2, 0.25) is 0 Å². The molecule has 26 heavy (non-hydrogen) atoms. The maximum Gasteiger partial charge on any atom is 0.159 e. The van der Waals surface area contributed by atoms with Crippen LogP contribution in [0.4, 0.5) is 0 Å². The Balaban J connectivity index is 1.96. The van der Waals surface area contributed by atoms with Crippen LogP contribution in [0.1, 0.15) is 47.4 Å². The number of hydrogen-bond acceptors (Lipinski definition) is 3. The highest BCUT2D eigenvalue weighted by Crippen LogP contribution is 2.32. The van der Waals surface area contributed by atoms with Crippen molar-refractivity contribution in [1.82, 2.24) is 9.47 Å². The average molecular weight is 348 g/mol. The molecule has 1 aromatic heterocycles. The minimum atomic E-state index is 0.0612. The zero-order valence-electron chi connectivity index (χ0n) is 15.6. The van der Waals surface area contributed by atoms with Gasteiger partial charge in [0.05, 0.1) is 0 Å². The first kappa shape index (κ1) is 17.0. The number of carbonyl (C=O) groups is 2. The number of Topliss-reactive ketones (excluding diaryl/α,β-unsaturated/α-hetero) is 2. The molecule has 0 spiro atoms. The highest BCUT2D eigenvalue weighted by Gasteiger charge is 2.23. The first-order chi connectivity index (χ1) is 12.5. The Morgan fingerprint density at radius 3 is 1.92 bits per heavy atom. The van der Waals surface area contributed by atoms with E-state index in [2.05, 4.69) is 28.6 Å². The van der Waals surface area contributed by atoms with Gasteiger partial charge in [-0.2, -0.15) is 0 Å². The second-order valence-corrected chi connectivity index (χ2v) is 7.46. The van der Waals surface area contributed by atoms with Crippen molar-refractivity contribution in [2.75, 3.05) is 13.6 Å². The summed E-state index contributed by atoms with van der Waals surface area (Å²) in [7, 11) is 2.19. The van der Waals surface area contributed by atoms with Crippen LogP contribution in [-0.2, 0) is 6.54 Å². The van der Waals surface area contributed by atoms with Crippen LogP contribution in [0.3, 0.4) is 0 Å². The Bertz CT molecular complexity index is 960. The molecule has 0 amide bonds. The molecule has 0 bridgehead atoms. The maximum absolute atomic E-state index is 11.9. The van der Waals surface area contributed by atoms with E-state index in [0.717, 1.165) is 34.9 Å². The van der Waals surface area contributed by atoms with Gasteiger partial charge in [-0.05, 0) is 76.7 Å². The van der Waals surface area contributed by atoms with E-state index in [1.807, 2.05) is 24.3 Å². The first-order valence-corrected chi connectivity index (χ1v) is 9.24. The minimum Gasteiger partial charge on any atom is -0.339 e. The largest absolute Gasteiger partial charge is 0.339 e. The molecule has 0 saturated carbocycles. The molecule has 1 saturated heterocycles. The van der Waals surface area contributed by atoms with Crippen molar-refractivity contribution < 1.29 is 9.59 Å². The zero-order valence-corrected chi connectivity index (χ0v) is 15.6. The lowest BCUT2D eigenvalue weighted by Gasteiger charge is -2.21. The van der Waals surface area contributed by atoms with Crippen LogP contribution in [0, 0.1) is 0 Å². The number of likely N-dealkylation sites (N-methyl/N-ethyl adjacent to an activating group) is 1. The summed E-state index contributed by atoms with van der Waals surface area (Å²) in [6, 6.07) is 12.4. The summed E-state index contributed by atoms with van der Waals surface area (Å²) in [6.07, 6.45) is 2.44. The molecular weight excluding hydrogens is 324 g/mol. The van der Waals surface area contributed by atoms with Crippen molar-refractivity contribution in [3.8, 4) is 0 Å². The number of aromatic nitrogens is 1.